The molecule has 2 heterocycles. The van der Waals surface area contributed by atoms with E-state index in [2.05, 4.69) is 20.3 Å². The number of carbonyl (C=O) groups excluding carboxylic acids is 1. The molecular weight excluding hydrogens is 320 g/mol. The number of piperidine rings is 1. The van der Waals surface area contributed by atoms with E-state index in [-0.39, 0.29) is 5.69 Å². The minimum atomic E-state index is -0.473. The number of hydrogen-bond acceptors (Lipinski definition) is 6. The number of nitrogens with zero attached hydrogens (tertiary/aromatic N) is 3. The van der Waals surface area contributed by atoms with E-state index in [0.717, 1.165) is 36.5 Å². The average Bonchev–Trinajstić information content (AvgIpc) is 3.12. The van der Waals surface area contributed by atoms with Crippen molar-refractivity contribution in [1.82, 2.24) is 20.3 Å². The molecule has 0 amide bonds. The Morgan fingerprint density at radius 1 is 1.24 bits per heavy atom. The van der Waals surface area contributed by atoms with Crippen molar-refractivity contribution in [2.45, 2.75) is 32.7 Å². The number of carbonyl (C=O) groups is 1. The van der Waals surface area contributed by atoms with Gasteiger partial charge in [0.25, 0.3) is 0 Å². The molecule has 1 aliphatic heterocycles. The summed E-state index contributed by atoms with van der Waals surface area (Å²) in [6.45, 7) is 5.09. The molecule has 7 nitrogen and oxygen atoms in total. The topological polar surface area (TPSA) is 80.3 Å². The summed E-state index contributed by atoms with van der Waals surface area (Å²) in [6.07, 6.45) is 3.77. The first-order valence-electron chi connectivity index (χ1n) is 8.70. The SMILES string of the molecule is CCOC(=O)c1n[nH]nc1-c1ccc(OC)c(CN2CCCCC2)c1. The number of methoxy groups -OCH3 is 1. The van der Waals surface area contributed by atoms with Crippen molar-refractivity contribution in [1.29, 1.82) is 0 Å². The molecule has 2 aromatic rings. The lowest BCUT2D eigenvalue weighted by atomic mass is 10.0. The molecule has 0 unspecified atom stereocenters. The Hall–Kier alpha value is -2.41. The number of aromatic nitrogens is 3. The number of likely N-dealkylation sites (tertiary alicyclic amines) is 1. The maximum absolute atomic E-state index is 12.0. The summed E-state index contributed by atoms with van der Waals surface area (Å²) >= 11 is 0. The Morgan fingerprint density at radius 3 is 2.76 bits per heavy atom. The van der Waals surface area contributed by atoms with Crippen LogP contribution in [0, 0.1) is 0 Å². The van der Waals surface area contributed by atoms with Crippen LogP contribution in [0.2, 0.25) is 0 Å². The molecule has 1 aliphatic rings. The van der Waals surface area contributed by atoms with Gasteiger partial charge in [-0.3, -0.25) is 4.90 Å². The highest BCUT2D eigenvalue weighted by atomic mass is 16.5. The van der Waals surface area contributed by atoms with Crippen LogP contribution in [-0.4, -0.2) is 53.1 Å². The van der Waals surface area contributed by atoms with Gasteiger partial charge in [0, 0.05) is 17.7 Å². The van der Waals surface area contributed by atoms with Crippen LogP contribution in [0.1, 0.15) is 42.2 Å². The van der Waals surface area contributed by atoms with E-state index < -0.39 is 5.97 Å². The number of hydrogen-bond donors (Lipinski definition) is 1. The molecule has 134 valence electrons. The van der Waals surface area contributed by atoms with Crippen LogP contribution in [0.15, 0.2) is 18.2 Å². The van der Waals surface area contributed by atoms with Crippen molar-refractivity contribution in [2.24, 2.45) is 0 Å². The summed E-state index contributed by atoms with van der Waals surface area (Å²) in [5.41, 5.74) is 2.61. The predicted molar refractivity (Wildman–Crippen MR) is 93.5 cm³/mol. The zero-order valence-electron chi connectivity index (χ0n) is 14.7. The van der Waals surface area contributed by atoms with Gasteiger partial charge in [0.1, 0.15) is 11.4 Å². The Kier molecular flexibility index (Phi) is 5.65. The van der Waals surface area contributed by atoms with Crippen LogP contribution in [0.25, 0.3) is 11.3 Å². The summed E-state index contributed by atoms with van der Waals surface area (Å²) in [6, 6.07) is 5.82. The molecule has 0 aliphatic carbocycles. The molecule has 0 radical (unpaired) electrons. The summed E-state index contributed by atoms with van der Waals surface area (Å²) < 4.78 is 10.6. The van der Waals surface area contributed by atoms with Gasteiger partial charge in [-0.05, 0) is 51.1 Å². The Bertz CT molecular complexity index is 723. The van der Waals surface area contributed by atoms with E-state index in [1.807, 2.05) is 18.2 Å². The van der Waals surface area contributed by atoms with Crippen LogP contribution in [0.5, 0.6) is 5.75 Å². The van der Waals surface area contributed by atoms with Crippen molar-refractivity contribution in [2.75, 3.05) is 26.8 Å². The Labute approximate surface area is 147 Å². The van der Waals surface area contributed by atoms with Crippen molar-refractivity contribution in [3.63, 3.8) is 0 Å². The number of ether oxygens (including phenoxy) is 2. The van der Waals surface area contributed by atoms with Crippen LogP contribution in [0.3, 0.4) is 0 Å². The van der Waals surface area contributed by atoms with Crippen molar-refractivity contribution >= 4 is 5.97 Å². The van der Waals surface area contributed by atoms with E-state index >= 15 is 0 Å². The van der Waals surface area contributed by atoms with Gasteiger partial charge in [-0.1, -0.05) is 6.42 Å². The largest absolute Gasteiger partial charge is 0.496 e. The molecule has 3 rings (SSSR count). The highest BCUT2D eigenvalue weighted by molar-refractivity contribution is 5.94. The van der Waals surface area contributed by atoms with Gasteiger partial charge >= 0.3 is 5.97 Å². The third-order valence-corrected chi connectivity index (χ3v) is 4.41. The monoisotopic (exact) mass is 344 g/mol. The summed E-state index contributed by atoms with van der Waals surface area (Å²) in [7, 11) is 1.68. The molecule has 1 N–H and O–H groups in total. The summed E-state index contributed by atoms with van der Waals surface area (Å²) in [4.78, 5) is 14.5. The third-order valence-electron chi connectivity index (χ3n) is 4.41. The smallest absolute Gasteiger partial charge is 0.361 e. The fourth-order valence-electron chi connectivity index (χ4n) is 3.18. The number of aromatic amines is 1. The maximum Gasteiger partial charge on any atom is 0.361 e. The van der Waals surface area contributed by atoms with Gasteiger partial charge in [0.2, 0.25) is 0 Å². The van der Waals surface area contributed by atoms with Crippen LogP contribution in [0.4, 0.5) is 0 Å². The fourth-order valence-corrected chi connectivity index (χ4v) is 3.18. The number of esters is 1. The minimum absolute atomic E-state index is 0.205. The Balaban J connectivity index is 1.89. The van der Waals surface area contributed by atoms with E-state index in [1.54, 1.807) is 14.0 Å². The number of rotatable bonds is 6. The first-order chi connectivity index (χ1) is 12.2. The van der Waals surface area contributed by atoms with E-state index in [9.17, 15) is 4.79 Å². The van der Waals surface area contributed by atoms with Gasteiger partial charge < -0.3 is 9.47 Å². The van der Waals surface area contributed by atoms with E-state index in [4.69, 9.17) is 9.47 Å². The number of H-pyrrole nitrogens is 1. The second kappa shape index (κ2) is 8.11. The maximum atomic E-state index is 12.0. The highest BCUT2D eigenvalue weighted by Crippen LogP contribution is 2.28. The minimum Gasteiger partial charge on any atom is -0.496 e. The van der Waals surface area contributed by atoms with E-state index in [1.165, 1.54) is 19.3 Å². The summed E-state index contributed by atoms with van der Waals surface area (Å²) in [5, 5.41) is 10.6. The predicted octanol–water partition coefficient (Wildman–Crippen LogP) is 2.64. The summed E-state index contributed by atoms with van der Waals surface area (Å²) in [5.74, 6) is 0.371. The highest BCUT2D eigenvalue weighted by Gasteiger charge is 2.21. The second-order valence-electron chi connectivity index (χ2n) is 6.10. The standard InChI is InChI=1S/C18H24N4O3/c1-3-25-18(23)17-16(19-21-20-17)13-7-8-15(24-2)14(11-13)12-22-9-5-4-6-10-22/h7-8,11H,3-6,9-10,12H2,1-2H3,(H,19,20,21). The van der Waals surface area contributed by atoms with E-state index in [0.29, 0.717) is 12.3 Å². The lowest BCUT2D eigenvalue weighted by Crippen LogP contribution is -2.29. The first-order valence-corrected chi connectivity index (χ1v) is 8.70. The second-order valence-corrected chi connectivity index (χ2v) is 6.10. The lowest BCUT2D eigenvalue weighted by molar-refractivity contribution is 0.0520. The van der Waals surface area contributed by atoms with Gasteiger partial charge in [-0.15, -0.1) is 5.10 Å². The molecular formula is C18H24N4O3. The zero-order chi connectivity index (χ0) is 17.6. The number of benzene rings is 1. The van der Waals surface area contributed by atoms with Crippen molar-refractivity contribution in [3.8, 4) is 17.0 Å². The lowest BCUT2D eigenvalue weighted by Gasteiger charge is -2.27. The van der Waals surface area contributed by atoms with Crippen LogP contribution < -0.4 is 4.74 Å². The molecule has 7 heteroatoms. The molecule has 0 atom stereocenters. The van der Waals surface area contributed by atoms with Gasteiger partial charge in [-0.2, -0.15) is 10.3 Å². The molecule has 0 spiro atoms. The van der Waals surface area contributed by atoms with Gasteiger partial charge in [0.15, 0.2) is 5.69 Å². The van der Waals surface area contributed by atoms with Crippen LogP contribution in [-0.2, 0) is 11.3 Å². The van der Waals surface area contributed by atoms with Crippen molar-refractivity contribution < 1.29 is 14.3 Å². The molecule has 1 fully saturated rings. The first kappa shape index (κ1) is 17.4. The quantitative estimate of drug-likeness (QED) is 0.812. The zero-order valence-corrected chi connectivity index (χ0v) is 14.7. The fraction of sp³-hybridized carbons (Fsp3) is 0.500. The molecule has 1 saturated heterocycles. The average molecular weight is 344 g/mol. The Morgan fingerprint density at radius 2 is 2.04 bits per heavy atom. The van der Waals surface area contributed by atoms with Gasteiger partial charge in [-0.25, -0.2) is 4.79 Å². The molecule has 1 aromatic heterocycles. The van der Waals surface area contributed by atoms with Gasteiger partial charge in [0.05, 0.1) is 13.7 Å². The molecule has 1 aromatic carbocycles. The van der Waals surface area contributed by atoms with Crippen LogP contribution >= 0.6 is 0 Å². The third kappa shape index (κ3) is 3.99. The molecule has 0 bridgehead atoms. The van der Waals surface area contributed by atoms with Crippen molar-refractivity contribution in [3.05, 3.63) is 29.5 Å². The molecule has 0 saturated carbocycles. The number of nitrogens with one attached hydrogen (secondary N) is 1. The normalized spacial score (nSPS) is 15.1. The molecule has 25 heavy (non-hydrogen) atoms.